The first-order valence-electron chi connectivity index (χ1n) is 13.2. The number of nitrogens with zero attached hydrogens (tertiary/aromatic N) is 5. The van der Waals surface area contributed by atoms with E-state index >= 15 is 0 Å². The van der Waals surface area contributed by atoms with E-state index in [0.717, 1.165) is 40.8 Å². The Bertz CT molecular complexity index is 1520. The topological polar surface area (TPSA) is 105 Å². The Hall–Kier alpha value is -3.80. The van der Waals surface area contributed by atoms with Crippen LogP contribution < -0.4 is 5.56 Å². The number of rotatable bonds is 8. The van der Waals surface area contributed by atoms with Crippen molar-refractivity contribution in [3.8, 4) is 17.2 Å². The summed E-state index contributed by atoms with van der Waals surface area (Å²) in [6, 6.07) is 17.8. The lowest BCUT2D eigenvalue weighted by Gasteiger charge is -2.36. The molecular formula is C30H33N5O3. The van der Waals surface area contributed by atoms with E-state index in [2.05, 4.69) is 23.1 Å². The molecule has 5 rings (SSSR count). The van der Waals surface area contributed by atoms with Gasteiger partial charge in [-0.3, -0.25) is 9.36 Å². The van der Waals surface area contributed by atoms with Gasteiger partial charge in [0.1, 0.15) is 6.33 Å². The van der Waals surface area contributed by atoms with Gasteiger partial charge in [-0.25, -0.2) is 4.52 Å². The molecule has 0 saturated heterocycles. The lowest BCUT2D eigenvalue weighted by Crippen LogP contribution is -2.41. The van der Waals surface area contributed by atoms with Gasteiger partial charge in [-0.2, -0.15) is 15.3 Å². The van der Waals surface area contributed by atoms with E-state index in [4.69, 9.17) is 4.74 Å². The summed E-state index contributed by atoms with van der Waals surface area (Å²) in [5, 5.41) is 24.8. The smallest absolute Gasteiger partial charge is 0.259 e. The van der Waals surface area contributed by atoms with Crippen LogP contribution in [0.1, 0.15) is 67.5 Å². The number of hydrogen-bond acceptors (Lipinski definition) is 6. The Balaban J connectivity index is 1.52. The highest BCUT2D eigenvalue weighted by molar-refractivity contribution is 5.70. The lowest BCUT2D eigenvalue weighted by molar-refractivity contribution is -0.0629. The third kappa shape index (κ3) is 4.87. The fourth-order valence-electron chi connectivity index (χ4n) is 5.73. The van der Waals surface area contributed by atoms with Gasteiger partial charge in [-0.1, -0.05) is 55.8 Å². The van der Waals surface area contributed by atoms with Crippen LogP contribution in [0.25, 0.3) is 16.9 Å². The van der Waals surface area contributed by atoms with Crippen LogP contribution in [-0.2, 0) is 17.6 Å². The van der Waals surface area contributed by atoms with Crippen molar-refractivity contribution in [3.63, 3.8) is 0 Å². The van der Waals surface area contributed by atoms with E-state index in [1.54, 1.807) is 11.7 Å². The Morgan fingerprint density at radius 3 is 2.58 bits per heavy atom. The Kier molecular flexibility index (Phi) is 7.41. The van der Waals surface area contributed by atoms with Crippen molar-refractivity contribution in [2.24, 2.45) is 0 Å². The maximum atomic E-state index is 14.1. The highest BCUT2D eigenvalue weighted by Gasteiger charge is 2.35. The first-order valence-corrected chi connectivity index (χ1v) is 13.2. The van der Waals surface area contributed by atoms with Crippen molar-refractivity contribution in [3.05, 3.63) is 87.6 Å². The van der Waals surface area contributed by atoms with Gasteiger partial charge in [0.2, 0.25) is 5.78 Å². The summed E-state index contributed by atoms with van der Waals surface area (Å²) in [6.07, 6.45) is 6.06. The average molecular weight is 512 g/mol. The number of hydrogen-bond donors (Lipinski definition) is 1. The largest absolute Gasteiger partial charge is 0.387 e. The van der Waals surface area contributed by atoms with Crippen LogP contribution in [0.4, 0.5) is 0 Å². The molecule has 1 aliphatic carbocycles. The minimum atomic E-state index is -0.851. The third-order valence-corrected chi connectivity index (χ3v) is 7.67. The molecule has 0 spiro atoms. The van der Waals surface area contributed by atoms with E-state index < -0.39 is 5.60 Å². The zero-order valence-electron chi connectivity index (χ0n) is 21.9. The number of methoxy groups -OCH3 is 1. The summed E-state index contributed by atoms with van der Waals surface area (Å²) in [5.74, 6) is 0.563. The van der Waals surface area contributed by atoms with Gasteiger partial charge in [-0.05, 0) is 54.9 Å². The lowest BCUT2D eigenvalue weighted by atomic mass is 9.82. The van der Waals surface area contributed by atoms with Crippen molar-refractivity contribution >= 4 is 5.78 Å². The van der Waals surface area contributed by atoms with E-state index in [1.165, 1.54) is 6.33 Å². The zero-order valence-corrected chi connectivity index (χ0v) is 21.9. The number of nitriles is 1. The molecule has 2 heterocycles. The van der Waals surface area contributed by atoms with E-state index in [9.17, 15) is 15.2 Å². The highest BCUT2D eigenvalue weighted by atomic mass is 16.5. The van der Waals surface area contributed by atoms with Gasteiger partial charge in [0.25, 0.3) is 5.56 Å². The molecule has 1 saturated carbocycles. The normalized spacial score (nSPS) is 19.5. The van der Waals surface area contributed by atoms with Crippen LogP contribution in [-0.4, -0.2) is 43.6 Å². The minimum absolute atomic E-state index is 0.0324. The van der Waals surface area contributed by atoms with Gasteiger partial charge in [0, 0.05) is 25.1 Å². The molecule has 38 heavy (non-hydrogen) atoms. The van der Waals surface area contributed by atoms with Crippen molar-refractivity contribution in [1.82, 2.24) is 19.2 Å². The molecule has 2 aromatic carbocycles. The average Bonchev–Trinajstić information content (AvgIpc) is 3.41. The predicted molar refractivity (Wildman–Crippen MR) is 145 cm³/mol. The van der Waals surface area contributed by atoms with Crippen LogP contribution in [0.2, 0.25) is 0 Å². The first-order chi connectivity index (χ1) is 18.5. The summed E-state index contributed by atoms with van der Waals surface area (Å²) in [6.45, 7) is 2.39. The van der Waals surface area contributed by atoms with Gasteiger partial charge in [-0.15, -0.1) is 0 Å². The third-order valence-electron chi connectivity index (χ3n) is 7.67. The molecule has 0 radical (unpaired) electrons. The fourth-order valence-corrected chi connectivity index (χ4v) is 5.73. The van der Waals surface area contributed by atoms with Crippen LogP contribution in [0.15, 0.2) is 59.7 Å². The summed E-state index contributed by atoms with van der Waals surface area (Å²) >= 11 is 0. The summed E-state index contributed by atoms with van der Waals surface area (Å²) in [5.41, 5.74) is 4.25. The summed E-state index contributed by atoms with van der Waals surface area (Å²) in [7, 11) is 1.60. The maximum absolute atomic E-state index is 14.1. The Morgan fingerprint density at radius 2 is 1.89 bits per heavy atom. The molecule has 196 valence electrons. The van der Waals surface area contributed by atoms with Crippen molar-refractivity contribution in [2.75, 3.05) is 13.7 Å². The van der Waals surface area contributed by atoms with Crippen LogP contribution in [0.3, 0.4) is 0 Å². The molecule has 0 bridgehead atoms. The molecule has 2 aromatic heterocycles. The maximum Gasteiger partial charge on any atom is 0.259 e. The second kappa shape index (κ2) is 10.9. The predicted octanol–water partition coefficient (Wildman–Crippen LogP) is 4.47. The number of aliphatic hydroxyl groups is 1. The zero-order chi connectivity index (χ0) is 26.7. The molecule has 1 N–H and O–H groups in total. The van der Waals surface area contributed by atoms with Gasteiger partial charge >= 0.3 is 0 Å². The minimum Gasteiger partial charge on any atom is -0.387 e. The van der Waals surface area contributed by atoms with Crippen molar-refractivity contribution in [2.45, 2.75) is 63.5 Å². The molecule has 0 unspecified atom stereocenters. The Labute approximate surface area is 222 Å². The molecule has 1 fully saturated rings. The van der Waals surface area contributed by atoms with Crippen molar-refractivity contribution < 1.29 is 9.84 Å². The number of benzene rings is 2. The quantitative estimate of drug-likeness (QED) is 0.374. The van der Waals surface area contributed by atoms with Gasteiger partial charge < -0.3 is 9.84 Å². The second-order valence-electron chi connectivity index (χ2n) is 10.2. The highest BCUT2D eigenvalue weighted by Crippen LogP contribution is 2.35. The molecule has 0 amide bonds. The fraction of sp³-hybridized carbons (Fsp3) is 0.400. The van der Waals surface area contributed by atoms with E-state index in [-0.39, 0.29) is 11.6 Å². The number of aryl methyl sites for hydroxylation is 1. The molecule has 4 aromatic rings. The summed E-state index contributed by atoms with van der Waals surface area (Å²) < 4.78 is 8.85. The molecule has 1 aliphatic rings. The molecule has 8 heteroatoms. The van der Waals surface area contributed by atoms with Crippen molar-refractivity contribution in [1.29, 1.82) is 5.26 Å². The van der Waals surface area contributed by atoms with E-state index in [0.29, 0.717) is 50.1 Å². The van der Waals surface area contributed by atoms with E-state index in [1.807, 2.05) is 53.0 Å². The Morgan fingerprint density at radius 1 is 1.16 bits per heavy atom. The molecule has 0 atom stereocenters. The number of ether oxygens (including phenoxy) is 1. The SMILES string of the molecule is CCCc1c(Cc2ccc(-c3ccccc3C#N)cc2)c(=O)n([C@H]2CC[C@](O)(COC)CC2)c2ncnn12. The first kappa shape index (κ1) is 25.8. The molecule has 0 aliphatic heterocycles. The standard InChI is InChI=1S/C30H33N5O3/c1-3-6-27-26(17-21-9-11-22(12-10-21)25-8-5-4-7-23(25)18-31)28(36)34(29-32-20-33-35(27)29)24-13-15-30(37,16-14-24)19-38-2/h4-5,7-12,20,24,37H,3,6,13-17,19H2,1-2H3/t24-,30+. The molecular weight excluding hydrogens is 478 g/mol. The van der Waals surface area contributed by atoms with Crippen LogP contribution in [0.5, 0.6) is 0 Å². The van der Waals surface area contributed by atoms with Gasteiger partial charge in [0.05, 0.1) is 29.5 Å². The van der Waals surface area contributed by atoms with Crippen LogP contribution >= 0.6 is 0 Å². The van der Waals surface area contributed by atoms with Crippen LogP contribution in [0, 0.1) is 11.3 Å². The monoisotopic (exact) mass is 511 g/mol. The second-order valence-corrected chi connectivity index (χ2v) is 10.2. The number of aromatic nitrogens is 4. The number of fused-ring (bicyclic) bond motifs is 1. The molecule has 8 nitrogen and oxygen atoms in total. The summed E-state index contributed by atoms with van der Waals surface area (Å²) in [4.78, 5) is 18.6. The van der Waals surface area contributed by atoms with Gasteiger partial charge in [0.15, 0.2) is 0 Å².